The molecule has 0 spiro atoms. The van der Waals surface area contributed by atoms with Gasteiger partial charge in [0, 0.05) is 0 Å². The zero-order valence-corrected chi connectivity index (χ0v) is 15.6. The first-order valence-electron chi connectivity index (χ1n) is 8.61. The number of nitrogens with zero attached hydrogens (tertiary/aromatic N) is 1. The Morgan fingerprint density at radius 3 is 2.14 bits per heavy atom. The molecule has 0 unspecified atom stereocenters. The third-order valence-corrected chi connectivity index (χ3v) is 6.45. The van der Waals surface area contributed by atoms with Crippen LogP contribution in [-0.2, 0) is 14.8 Å². The molecule has 150 valence electrons. The van der Waals surface area contributed by atoms with E-state index in [4.69, 9.17) is 0 Å². The SMILES string of the molecule is O=C(C[NH+]1CCN(S(=O)(=O)c2ccccc2F)CC1)Nc1c(F)cccc1F. The Labute approximate surface area is 160 Å². The minimum absolute atomic E-state index is 0.0681. The molecule has 1 aliphatic rings. The summed E-state index contributed by atoms with van der Waals surface area (Å²) in [5.74, 6) is -3.14. The smallest absolute Gasteiger partial charge is 0.279 e. The van der Waals surface area contributed by atoms with Crippen molar-refractivity contribution < 1.29 is 31.3 Å². The van der Waals surface area contributed by atoms with E-state index in [2.05, 4.69) is 5.32 Å². The number of rotatable bonds is 5. The second-order valence-corrected chi connectivity index (χ2v) is 8.31. The average molecular weight is 414 g/mol. The predicted molar refractivity (Wildman–Crippen MR) is 95.7 cm³/mol. The van der Waals surface area contributed by atoms with Crippen molar-refractivity contribution in [3.8, 4) is 0 Å². The van der Waals surface area contributed by atoms with E-state index in [-0.39, 0.29) is 24.5 Å². The summed E-state index contributed by atoms with van der Waals surface area (Å²) in [6.45, 7) is 0.754. The highest BCUT2D eigenvalue weighted by molar-refractivity contribution is 7.89. The van der Waals surface area contributed by atoms with Gasteiger partial charge >= 0.3 is 0 Å². The van der Waals surface area contributed by atoms with E-state index in [1.54, 1.807) is 0 Å². The van der Waals surface area contributed by atoms with Crippen LogP contribution in [0.5, 0.6) is 0 Å². The molecular formula is C18H19F3N3O3S+. The summed E-state index contributed by atoms with van der Waals surface area (Å²) in [7, 11) is -3.96. The largest absolute Gasteiger partial charge is 0.325 e. The van der Waals surface area contributed by atoms with Gasteiger partial charge in [0.1, 0.15) is 28.0 Å². The van der Waals surface area contributed by atoms with Gasteiger partial charge in [-0.25, -0.2) is 21.6 Å². The highest BCUT2D eigenvalue weighted by Crippen LogP contribution is 2.19. The van der Waals surface area contributed by atoms with Crippen LogP contribution in [0.4, 0.5) is 18.9 Å². The highest BCUT2D eigenvalue weighted by atomic mass is 32.2. The van der Waals surface area contributed by atoms with E-state index in [9.17, 15) is 26.4 Å². The number of benzene rings is 2. The molecule has 0 aliphatic carbocycles. The van der Waals surface area contributed by atoms with Crippen molar-refractivity contribution in [1.29, 1.82) is 0 Å². The number of quaternary nitrogens is 1. The lowest BCUT2D eigenvalue weighted by atomic mass is 10.3. The summed E-state index contributed by atoms with van der Waals surface area (Å²) in [6, 6.07) is 8.43. The van der Waals surface area contributed by atoms with Gasteiger partial charge in [-0.1, -0.05) is 18.2 Å². The predicted octanol–water partition coefficient (Wildman–Crippen LogP) is 0.632. The fourth-order valence-electron chi connectivity index (χ4n) is 3.04. The number of piperazine rings is 1. The number of hydrogen-bond acceptors (Lipinski definition) is 3. The fraction of sp³-hybridized carbons (Fsp3) is 0.278. The molecule has 0 atom stereocenters. The molecule has 0 bridgehead atoms. The number of para-hydroxylation sites is 1. The third kappa shape index (κ3) is 4.34. The van der Waals surface area contributed by atoms with Crippen LogP contribution in [0, 0.1) is 17.5 Å². The first-order valence-corrected chi connectivity index (χ1v) is 10.0. The Kier molecular flexibility index (Phi) is 6.01. The van der Waals surface area contributed by atoms with Crippen LogP contribution >= 0.6 is 0 Å². The maximum atomic E-state index is 13.8. The molecule has 2 aromatic carbocycles. The van der Waals surface area contributed by atoms with E-state index >= 15 is 0 Å². The molecule has 2 N–H and O–H groups in total. The number of carbonyl (C=O) groups is 1. The number of hydrogen-bond donors (Lipinski definition) is 2. The Hall–Kier alpha value is -2.43. The Morgan fingerprint density at radius 2 is 1.54 bits per heavy atom. The molecule has 1 saturated heterocycles. The molecule has 2 aromatic rings. The topological polar surface area (TPSA) is 70.9 Å². The lowest BCUT2D eigenvalue weighted by molar-refractivity contribution is -0.895. The zero-order valence-electron chi connectivity index (χ0n) is 14.8. The standard InChI is InChI=1S/C18H18F3N3O3S/c19-13-4-1-2-7-16(13)28(26,27)24-10-8-23(9-11-24)12-17(25)22-18-14(20)5-3-6-15(18)21/h1-7H,8-12H2,(H,22,25)/p+1. The van der Waals surface area contributed by atoms with Gasteiger partial charge in [-0.05, 0) is 24.3 Å². The highest BCUT2D eigenvalue weighted by Gasteiger charge is 2.32. The van der Waals surface area contributed by atoms with Crippen LogP contribution in [-0.4, -0.2) is 51.4 Å². The third-order valence-electron chi connectivity index (χ3n) is 4.52. The quantitative estimate of drug-likeness (QED) is 0.754. The second kappa shape index (κ2) is 8.29. The van der Waals surface area contributed by atoms with Crippen LogP contribution in [0.3, 0.4) is 0 Å². The van der Waals surface area contributed by atoms with Gasteiger partial charge in [0.15, 0.2) is 6.54 Å². The summed E-state index contributed by atoms with van der Waals surface area (Å²) >= 11 is 0. The molecule has 1 fully saturated rings. The molecule has 1 aliphatic heterocycles. The summed E-state index contributed by atoms with van der Waals surface area (Å²) in [5, 5.41) is 2.21. The summed E-state index contributed by atoms with van der Waals surface area (Å²) in [4.78, 5) is 12.5. The molecule has 10 heteroatoms. The van der Waals surface area contributed by atoms with Gasteiger partial charge in [-0.15, -0.1) is 0 Å². The molecule has 0 radical (unpaired) electrons. The summed E-state index contributed by atoms with van der Waals surface area (Å²) in [6.07, 6.45) is 0. The average Bonchev–Trinajstić information content (AvgIpc) is 2.65. The minimum Gasteiger partial charge on any atom is -0.325 e. The molecule has 1 amide bonds. The van der Waals surface area contributed by atoms with Crippen molar-refractivity contribution in [2.24, 2.45) is 0 Å². The number of carbonyl (C=O) groups excluding carboxylic acids is 1. The normalized spacial score (nSPS) is 16.1. The van der Waals surface area contributed by atoms with Gasteiger partial charge in [0.25, 0.3) is 5.91 Å². The number of halogens is 3. The van der Waals surface area contributed by atoms with Gasteiger partial charge < -0.3 is 10.2 Å². The van der Waals surface area contributed by atoms with Crippen molar-refractivity contribution >= 4 is 21.6 Å². The molecule has 0 saturated carbocycles. The Bertz CT molecular complexity index is 957. The van der Waals surface area contributed by atoms with E-state index in [0.29, 0.717) is 13.1 Å². The van der Waals surface area contributed by atoms with Crippen molar-refractivity contribution in [3.63, 3.8) is 0 Å². The van der Waals surface area contributed by atoms with E-state index in [1.807, 2.05) is 0 Å². The maximum absolute atomic E-state index is 13.8. The number of sulfonamides is 1. The van der Waals surface area contributed by atoms with Crippen molar-refractivity contribution in [1.82, 2.24) is 4.31 Å². The van der Waals surface area contributed by atoms with E-state index < -0.39 is 39.1 Å². The fourth-order valence-corrected chi connectivity index (χ4v) is 4.55. The molecule has 28 heavy (non-hydrogen) atoms. The van der Waals surface area contributed by atoms with Gasteiger partial charge in [-0.2, -0.15) is 4.31 Å². The Balaban J connectivity index is 1.58. The molecule has 6 nitrogen and oxygen atoms in total. The van der Waals surface area contributed by atoms with Gasteiger partial charge in [0.05, 0.1) is 26.2 Å². The van der Waals surface area contributed by atoms with Crippen LogP contribution in [0.1, 0.15) is 0 Å². The van der Waals surface area contributed by atoms with E-state index in [1.165, 1.54) is 28.6 Å². The second-order valence-electron chi connectivity index (χ2n) is 6.41. The number of amides is 1. The number of nitrogens with one attached hydrogen (secondary N) is 2. The monoisotopic (exact) mass is 414 g/mol. The first kappa shape index (κ1) is 20.3. The van der Waals surface area contributed by atoms with Gasteiger partial charge in [-0.3, -0.25) is 4.79 Å². The molecule has 1 heterocycles. The lowest BCUT2D eigenvalue weighted by Gasteiger charge is -2.31. The minimum atomic E-state index is -3.96. The van der Waals surface area contributed by atoms with E-state index in [0.717, 1.165) is 23.1 Å². The zero-order chi connectivity index (χ0) is 20.3. The first-order chi connectivity index (χ1) is 13.3. The van der Waals surface area contributed by atoms with Crippen LogP contribution < -0.4 is 10.2 Å². The Morgan fingerprint density at radius 1 is 0.964 bits per heavy atom. The molecular weight excluding hydrogens is 395 g/mol. The molecule has 0 aromatic heterocycles. The van der Waals surface area contributed by atoms with Crippen molar-refractivity contribution in [2.45, 2.75) is 4.90 Å². The summed E-state index contributed by atoms with van der Waals surface area (Å²) < 4.78 is 67.3. The molecule has 3 rings (SSSR count). The van der Waals surface area contributed by atoms with Crippen LogP contribution in [0.15, 0.2) is 47.4 Å². The van der Waals surface area contributed by atoms with Crippen LogP contribution in [0.2, 0.25) is 0 Å². The van der Waals surface area contributed by atoms with Gasteiger partial charge in [0.2, 0.25) is 10.0 Å². The van der Waals surface area contributed by atoms with Crippen molar-refractivity contribution in [3.05, 3.63) is 59.9 Å². The van der Waals surface area contributed by atoms with Crippen LogP contribution in [0.25, 0.3) is 0 Å². The number of anilines is 1. The lowest BCUT2D eigenvalue weighted by Crippen LogP contribution is -3.15. The maximum Gasteiger partial charge on any atom is 0.279 e. The van der Waals surface area contributed by atoms with Crippen molar-refractivity contribution in [2.75, 3.05) is 38.0 Å². The summed E-state index contributed by atoms with van der Waals surface area (Å²) in [5.41, 5.74) is -0.507.